The Hall–Kier alpha value is -1.88. The molecule has 0 aliphatic heterocycles. The van der Waals surface area contributed by atoms with Gasteiger partial charge in [-0.15, -0.1) is 11.3 Å². The van der Waals surface area contributed by atoms with Crippen LogP contribution >= 0.6 is 11.3 Å². The Bertz CT molecular complexity index is 622. The van der Waals surface area contributed by atoms with E-state index in [0.29, 0.717) is 17.9 Å². The van der Waals surface area contributed by atoms with Gasteiger partial charge >= 0.3 is 0 Å². The molecule has 0 bridgehead atoms. The summed E-state index contributed by atoms with van der Waals surface area (Å²) in [7, 11) is 1.59. The minimum Gasteiger partial charge on any atom is -0.497 e. The van der Waals surface area contributed by atoms with Gasteiger partial charge in [0.15, 0.2) is 0 Å². The van der Waals surface area contributed by atoms with Gasteiger partial charge in [-0.25, -0.2) is 4.98 Å². The Kier molecular flexibility index (Phi) is 5.33. The molecule has 0 spiro atoms. The normalized spacial score (nSPS) is 10.4. The number of hydrogen-bond donors (Lipinski definition) is 1. The van der Waals surface area contributed by atoms with Crippen LogP contribution in [-0.4, -0.2) is 24.5 Å². The molecule has 21 heavy (non-hydrogen) atoms. The zero-order valence-electron chi connectivity index (χ0n) is 12.6. The number of ether oxygens (including phenoxy) is 1. The fourth-order valence-corrected chi connectivity index (χ4v) is 3.09. The lowest BCUT2D eigenvalue weighted by Crippen LogP contribution is -2.25. The molecule has 0 aliphatic rings. The van der Waals surface area contributed by atoms with Crippen LogP contribution < -0.4 is 10.1 Å². The van der Waals surface area contributed by atoms with E-state index in [1.807, 2.05) is 12.1 Å². The number of benzene rings is 1. The van der Waals surface area contributed by atoms with Crippen LogP contribution in [0.2, 0.25) is 0 Å². The molecule has 0 unspecified atom stereocenters. The first-order valence-electron chi connectivity index (χ1n) is 7.01. The number of amides is 1. The van der Waals surface area contributed by atoms with Crippen molar-refractivity contribution in [1.29, 1.82) is 0 Å². The molecule has 4 nitrogen and oxygen atoms in total. The standard InChI is InChI=1S/C16H20N2O2S/c1-4-14-11(2)21-15(18-14)8-9-17-16(19)12-6-5-7-13(10-12)20-3/h5-7,10H,4,8-9H2,1-3H3,(H,17,19). The fraction of sp³-hybridized carbons (Fsp3) is 0.375. The van der Waals surface area contributed by atoms with Crippen LogP contribution in [0.1, 0.15) is 32.9 Å². The monoisotopic (exact) mass is 304 g/mol. The van der Waals surface area contributed by atoms with Crippen molar-refractivity contribution in [2.45, 2.75) is 26.7 Å². The van der Waals surface area contributed by atoms with Gasteiger partial charge in [0.1, 0.15) is 5.75 Å². The van der Waals surface area contributed by atoms with E-state index in [1.165, 1.54) is 4.88 Å². The molecule has 1 N–H and O–H groups in total. The fourth-order valence-electron chi connectivity index (χ4n) is 2.07. The lowest BCUT2D eigenvalue weighted by Gasteiger charge is -2.05. The van der Waals surface area contributed by atoms with Crippen LogP contribution in [0.5, 0.6) is 5.75 Å². The zero-order valence-corrected chi connectivity index (χ0v) is 13.4. The molecule has 0 saturated carbocycles. The van der Waals surface area contributed by atoms with Crippen molar-refractivity contribution in [2.75, 3.05) is 13.7 Å². The van der Waals surface area contributed by atoms with Gasteiger partial charge in [-0.2, -0.15) is 0 Å². The summed E-state index contributed by atoms with van der Waals surface area (Å²) in [6.45, 7) is 4.79. The van der Waals surface area contributed by atoms with Gasteiger partial charge < -0.3 is 10.1 Å². The number of aryl methyl sites for hydroxylation is 2. The Morgan fingerprint density at radius 3 is 2.90 bits per heavy atom. The maximum atomic E-state index is 12.0. The predicted octanol–water partition coefficient (Wildman–Crippen LogP) is 3.00. The first kappa shape index (κ1) is 15.5. The van der Waals surface area contributed by atoms with E-state index < -0.39 is 0 Å². The molecule has 0 radical (unpaired) electrons. The third-order valence-corrected chi connectivity index (χ3v) is 4.30. The number of carbonyl (C=O) groups is 1. The van der Waals surface area contributed by atoms with E-state index in [-0.39, 0.29) is 5.91 Å². The van der Waals surface area contributed by atoms with Crippen LogP contribution in [-0.2, 0) is 12.8 Å². The number of aromatic nitrogens is 1. The number of thiazole rings is 1. The van der Waals surface area contributed by atoms with Crippen molar-refractivity contribution < 1.29 is 9.53 Å². The highest BCUT2D eigenvalue weighted by Crippen LogP contribution is 2.18. The summed E-state index contributed by atoms with van der Waals surface area (Å²) in [4.78, 5) is 17.9. The van der Waals surface area contributed by atoms with E-state index >= 15 is 0 Å². The summed E-state index contributed by atoms with van der Waals surface area (Å²) >= 11 is 1.71. The van der Waals surface area contributed by atoms with Gasteiger partial charge in [0.25, 0.3) is 5.91 Å². The molecule has 0 fully saturated rings. The van der Waals surface area contributed by atoms with Gasteiger partial charge in [-0.3, -0.25) is 4.79 Å². The van der Waals surface area contributed by atoms with Gasteiger partial charge in [0, 0.05) is 23.4 Å². The number of nitrogens with one attached hydrogen (secondary N) is 1. The van der Waals surface area contributed by atoms with E-state index in [9.17, 15) is 4.79 Å². The van der Waals surface area contributed by atoms with Gasteiger partial charge in [0.05, 0.1) is 17.8 Å². The molecule has 2 rings (SSSR count). The Morgan fingerprint density at radius 2 is 2.24 bits per heavy atom. The van der Waals surface area contributed by atoms with Crippen molar-refractivity contribution in [3.8, 4) is 5.75 Å². The molecule has 112 valence electrons. The van der Waals surface area contributed by atoms with Crippen molar-refractivity contribution >= 4 is 17.2 Å². The Morgan fingerprint density at radius 1 is 1.43 bits per heavy atom. The molecule has 1 amide bonds. The molecule has 0 aliphatic carbocycles. The quantitative estimate of drug-likeness (QED) is 0.892. The number of nitrogens with zero attached hydrogens (tertiary/aromatic N) is 1. The van der Waals surface area contributed by atoms with E-state index in [2.05, 4.69) is 24.1 Å². The molecule has 5 heteroatoms. The van der Waals surface area contributed by atoms with Crippen LogP contribution in [0, 0.1) is 6.92 Å². The van der Waals surface area contributed by atoms with Crippen LogP contribution in [0.15, 0.2) is 24.3 Å². The van der Waals surface area contributed by atoms with Gasteiger partial charge in [-0.05, 0) is 31.5 Å². The lowest BCUT2D eigenvalue weighted by atomic mass is 10.2. The summed E-state index contributed by atoms with van der Waals surface area (Å²) in [6.07, 6.45) is 1.72. The smallest absolute Gasteiger partial charge is 0.251 e. The van der Waals surface area contributed by atoms with Crippen molar-refractivity contribution in [3.05, 3.63) is 45.4 Å². The summed E-state index contributed by atoms with van der Waals surface area (Å²) in [5.41, 5.74) is 1.77. The number of carbonyl (C=O) groups excluding carboxylic acids is 1. The molecule has 0 atom stereocenters. The second-order valence-corrected chi connectivity index (χ2v) is 5.99. The molecule has 1 aromatic carbocycles. The summed E-state index contributed by atoms with van der Waals surface area (Å²) < 4.78 is 5.12. The number of methoxy groups -OCH3 is 1. The molecule has 1 heterocycles. The minimum atomic E-state index is -0.0853. The molecule has 1 aromatic heterocycles. The number of hydrogen-bond acceptors (Lipinski definition) is 4. The predicted molar refractivity (Wildman–Crippen MR) is 85.3 cm³/mol. The zero-order chi connectivity index (χ0) is 15.2. The van der Waals surface area contributed by atoms with E-state index in [0.717, 1.165) is 23.5 Å². The Labute approximate surface area is 129 Å². The summed E-state index contributed by atoms with van der Waals surface area (Å²) in [5.74, 6) is 0.601. The molecule has 0 saturated heterocycles. The van der Waals surface area contributed by atoms with E-state index in [4.69, 9.17) is 4.74 Å². The maximum Gasteiger partial charge on any atom is 0.251 e. The third kappa shape index (κ3) is 4.04. The lowest BCUT2D eigenvalue weighted by molar-refractivity contribution is 0.0954. The number of rotatable bonds is 6. The van der Waals surface area contributed by atoms with Crippen LogP contribution in [0.3, 0.4) is 0 Å². The maximum absolute atomic E-state index is 12.0. The van der Waals surface area contributed by atoms with Crippen molar-refractivity contribution in [2.24, 2.45) is 0 Å². The Balaban J connectivity index is 1.88. The average Bonchev–Trinajstić information content (AvgIpc) is 2.87. The van der Waals surface area contributed by atoms with Crippen LogP contribution in [0.25, 0.3) is 0 Å². The largest absolute Gasteiger partial charge is 0.497 e. The first-order chi connectivity index (χ1) is 10.1. The van der Waals surface area contributed by atoms with Crippen molar-refractivity contribution in [1.82, 2.24) is 10.3 Å². The summed E-state index contributed by atoms with van der Waals surface area (Å²) in [6, 6.07) is 7.14. The summed E-state index contributed by atoms with van der Waals surface area (Å²) in [5, 5.41) is 4.00. The highest BCUT2D eigenvalue weighted by molar-refractivity contribution is 7.11. The van der Waals surface area contributed by atoms with Gasteiger partial charge in [0.2, 0.25) is 0 Å². The minimum absolute atomic E-state index is 0.0853. The second-order valence-electron chi connectivity index (χ2n) is 4.70. The third-order valence-electron chi connectivity index (χ3n) is 3.23. The molecule has 2 aromatic rings. The van der Waals surface area contributed by atoms with Crippen LogP contribution in [0.4, 0.5) is 0 Å². The highest BCUT2D eigenvalue weighted by Gasteiger charge is 2.08. The SMILES string of the molecule is CCc1nc(CCNC(=O)c2cccc(OC)c2)sc1C. The van der Waals surface area contributed by atoms with E-state index in [1.54, 1.807) is 30.6 Å². The van der Waals surface area contributed by atoms with Gasteiger partial charge in [-0.1, -0.05) is 13.0 Å². The topological polar surface area (TPSA) is 51.2 Å². The molecular weight excluding hydrogens is 284 g/mol. The second kappa shape index (κ2) is 7.22. The highest BCUT2D eigenvalue weighted by atomic mass is 32.1. The molecular formula is C16H20N2O2S. The first-order valence-corrected chi connectivity index (χ1v) is 7.83. The van der Waals surface area contributed by atoms with Crippen molar-refractivity contribution in [3.63, 3.8) is 0 Å². The average molecular weight is 304 g/mol.